The Morgan fingerprint density at radius 2 is 1.50 bits per heavy atom. The number of piperidine rings is 2. The van der Waals surface area contributed by atoms with Gasteiger partial charge in [0, 0.05) is 39.3 Å². The fraction of sp³-hybridized carbons (Fsp3) is 0.667. The summed E-state index contributed by atoms with van der Waals surface area (Å²) in [5.41, 5.74) is 0.513. The zero-order valence-corrected chi connectivity index (χ0v) is 17.4. The topological polar surface area (TPSA) is 60.5 Å². The molecule has 0 spiro atoms. The first-order chi connectivity index (χ1) is 13.6. The van der Waals surface area contributed by atoms with Crippen LogP contribution >= 0.6 is 0 Å². The van der Waals surface area contributed by atoms with Gasteiger partial charge in [0.2, 0.25) is 5.75 Å². The fourth-order valence-electron chi connectivity index (χ4n) is 4.35. The van der Waals surface area contributed by atoms with Crippen LogP contribution in [-0.2, 0) is 4.74 Å². The van der Waals surface area contributed by atoms with Crippen molar-refractivity contribution in [2.45, 2.75) is 37.8 Å². The zero-order valence-electron chi connectivity index (χ0n) is 17.4. The second-order valence-corrected chi connectivity index (χ2v) is 7.38. The Morgan fingerprint density at radius 3 is 2.04 bits per heavy atom. The number of carbonyl (C=O) groups excluding carboxylic acids is 1. The van der Waals surface area contributed by atoms with Gasteiger partial charge in [-0.3, -0.25) is 4.79 Å². The van der Waals surface area contributed by atoms with Crippen LogP contribution in [-0.4, -0.2) is 82.5 Å². The van der Waals surface area contributed by atoms with Crippen molar-refractivity contribution in [3.63, 3.8) is 0 Å². The number of hydrogen-bond acceptors (Lipinski definition) is 6. The molecule has 0 atom stereocenters. The van der Waals surface area contributed by atoms with Crippen LogP contribution < -0.4 is 14.2 Å². The number of likely N-dealkylation sites (tertiary alicyclic amines) is 2. The van der Waals surface area contributed by atoms with Gasteiger partial charge in [-0.2, -0.15) is 0 Å². The molecule has 1 aromatic rings. The van der Waals surface area contributed by atoms with E-state index in [4.69, 9.17) is 18.9 Å². The van der Waals surface area contributed by atoms with Crippen LogP contribution in [0, 0.1) is 0 Å². The molecule has 2 saturated heterocycles. The SMILES string of the molecule is COc1ccc(C(=O)N2CCC(N3CCC(OC)CC3)CC2)c(OC)c1OC. The second kappa shape index (κ2) is 9.47. The third-order valence-corrected chi connectivity index (χ3v) is 6.01. The van der Waals surface area contributed by atoms with E-state index in [1.54, 1.807) is 40.6 Å². The van der Waals surface area contributed by atoms with E-state index in [-0.39, 0.29) is 5.91 Å². The van der Waals surface area contributed by atoms with E-state index in [0.29, 0.717) is 35.0 Å². The molecule has 0 saturated carbocycles. The number of carbonyl (C=O) groups is 1. The molecule has 0 radical (unpaired) electrons. The lowest BCUT2D eigenvalue weighted by Gasteiger charge is -2.41. The molecule has 0 bridgehead atoms. The van der Waals surface area contributed by atoms with Crippen molar-refractivity contribution in [2.75, 3.05) is 54.6 Å². The highest BCUT2D eigenvalue weighted by molar-refractivity contribution is 5.98. The molecular formula is C21H32N2O5. The summed E-state index contributed by atoms with van der Waals surface area (Å²) in [7, 11) is 6.46. The summed E-state index contributed by atoms with van der Waals surface area (Å²) in [6, 6.07) is 4.06. The molecule has 2 heterocycles. The third kappa shape index (κ3) is 4.20. The Morgan fingerprint density at radius 1 is 0.857 bits per heavy atom. The Hall–Kier alpha value is -1.99. The molecule has 7 nitrogen and oxygen atoms in total. The van der Waals surface area contributed by atoms with Gasteiger partial charge in [0.25, 0.3) is 5.91 Å². The molecule has 0 aliphatic carbocycles. The maximum Gasteiger partial charge on any atom is 0.257 e. The van der Waals surface area contributed by atoms with E-state index < -0.39 is 0 Å². The molecule has 3 rings (SSSR count). The number of hydrogen-bond donors (Lipinski definition) is 0. The number of nitrogens with zero attached hydrogens (tertiary/aromatic N) is 2. The quantitative estimate of drug-likeness (QED) is 0.741. The molecular weight excluding hydrogens is 360 g/mol. The van der Waals surface area contributed by atoms with Gasteiger partial charge >= 0.3 is 0 Å². The van der Waals surface area contributed by atoms with Crippen LogP contribution in [0.5, 0.6) is 17.2 Å². The average Bonchev–Trinajstić information content (AvgIpc) is 2.77. The molecule has 2 fully saturated rings. The summed E-state index contributed by atoms with van der Waals surface area (Å²) in [6.07, 6.45) is 4.59. The van der Waals surface area contributed by atoms with Crippen LogP contribution in [0.1, 0.15) is 36.0 Å². The molecule has 1 aromatic carbocycles. The minimum absolute atomic E-state index is 0.0191. The molecule has 7 heteroatoms. The Balaban J connectivity index is 1.64. The first-order valence-electron chi connectivity index (χ1n) is 9.98. The number of methoxy groups -OCH3 is 4. The smallest absolute Gasteiger partial charge is 0.257 e. The molecule has 28 heavy (non-hydrogen) atoms. The van der Waals surface area contributed by atoms with Crippen molar-refractivity contribution in [3.8, 4) is 17.2 Å². The summed E-state index contributed by atoms with van der Waals surface area (Å²) < 4.78 is 21.7. The number of amides is 1. The van der Waals surface area contributed by atoms with E-state index in [1.807, 2.05) is 4.90 Å². The van der Waals surface area contributed by atoms with Crippen molar-refractivity contribution in [1.82, 2.24) is 9.80 Å². The molecule has 0 N–H and O–H groups in total. The molecule has 0 unspecified atom stereocenters. The van der Waals surface area contributed by atoms with Gasteiger partial charge in [-0.25, -0.2) is 0 Å². The molecule has 156 valence electrons. The van der Waals surface area contributed by atoms with E-state index in [2.05, 4.69) is 4.90 Å². The monoisotopic (exact) mass is 392 g/mol. The first kappa shape index (κ1) is 20.7. The van der Waals surface area contributed by atoms with Gasteiger partial charge in [0.1, 0.15) is 0 Å². The summed E-state index contributed by atoms with van der Waals surface area (Å²) in [5.74, 6) is 1.41. The lowest BCUT2D eigenvalue weighted by atomic mass is 9.98. The van der Waals surface area contributed by atoms with E-state index in [1.165, 1.54) is 0 Å². The van der Waals surface area contributed by atoms with Crippen molar-refractivity contribution >= 4 is 5.91 Å². The fourth-order valence-corrected chi connectivity index (χ4v) is 4.35. The van der Waals surface area contributed by atoms with Gasteiger partial charge in [0.05, 0.1) is 33.0 Å². The van der Waals surface area contributed by atoms with Crippen molar-refractivity contribution in [1.29, 1.82) is 0 Å². The minimum Gasteiger partial charge on any atom is -0.493 e. The average molecular weight is 392 g/mol. The lowest BCUT2D eigenvalue weighted by molar-refractivity contribution is 0.0145. The number of rotatable bonds is 6. The predicted octanol–water partition coefficient (Wildman–Crippen LogP) is 2.43. The van der Waals surface area contributed by atoms with Gasteiger partial charge in [-0.1, -0.05) is 0 Å². The normalized spacial score (nSPS) is 19.5. The van der Waals surface area contributed by atoms with Crippen molar-refractivity contribution in [2.24, 2.45) is 0 Å². The van der Waals surface area contributed by atoms with Crippen LogP contribution in [0.4, 0.5) is 0 Å². The zero-order chi connectivity index (χ0) is 20.1. The summed E-state index contributed by atoms with van der Waals surface area (Å²) >= 11 is 0. The first-order valence-corrected chi connectivity index (χ1v) is 9.98. The van der Waals surface area contributed by atoms with Gasteiger partial charge in [-0.15, -0.1) is 0 Å². The standard InChI is InChI=1S/C21H32N2O5/c1-25-16-9-13-22(14-10-16)15-7-11-23(12-8-15)21(24)17-5-6-18(26-2)20(28-4)19(17)27-3/h5-6,15-16H,7-14H2,1-4H3. The maximum absolute atomic E-state index is 13.1. The maximum atomic E-state index is 13.1. The molecule has 1 amide bonds. The summed E-state index contributed by atoms with van der Waals surface area (Å²) in [6.45, 7) is 3.68. The molecule has 0 aromatic heterocycles. The van der Waals surface area contributed by atoms with Gasteiger partial charge in [0.15, 0.2) is 11.5 Å². The largest absolute Gasteiger partial charge is 0.493 e. The van der Waals surface area contributed by atoms with Gasteiger partial charge < -0.3 is 28.7 Å². The summed E-state index contributed by atoms with van der Waals surface area (Å²) in [5, 5.41) is 0. The molecule has 2 aliphatic rings. The molecule has 2 aliphatic heterocycles. The van der Waals surface area contributed by atoms with Crippen LogP contribution in [0.15, 0.2) is 12.1 Å². The Labute approximate surface area is 167 Å². The van der Waals surface area contributed by atoms with Crippen LogP contribution in [0.25, 0.3) is 0 Å². The van der Waals surface area contributed by atoms with Crippen molar-refractivity contribution in [3.05, 3.63) is 17.7 Å². The Kier molecular flexibility index (Phi) is 7.02. The van der Waals surface area contributed by atoms with Crippen molar-refractivity contribution < 1.29 is 23.7 Å². The number of benzene rings is 1. The lowest BCUT2D eigenvalue weighted by Crippen LogP contribution is -2.49. The highest BCUT2D eigenvalue weighted by atomic mass is 16.5. The highest BCUT2D eigenvalue weighted by Crippen LogP contribution is 2.40. The third-order valence-electron chi connectivity index (χ3n) is 6.01. The number of ether oxygens (including phenoxy) is 4. The van der Waals surface area contributed by atoms with Crippen LogP contribution in [0.2, 0.25) is 0 Å². The highest BCUT2D eigenvalue weighted by Gasteiger charge is 2.31. The second-order valence-electron chi connectivity index (χ2n) is 7.38. The predicted molar refractivity (Wildman–Crippen MR) is 107 cm³/mol. The van der Waals surface area contributed by atoms with E-state index in [9.17, 15) is 4.79 Å². The van der Waals surface area contributed by atoms with Gasteiger partial charge in [-0.05, 0) is 37.8 Å². The van der Waals surface area contributed by atoms with Crippen LogP contribution in [0.3, 0.4) is 0 Å². The Bertz CT molecular complexity index is 665. The summed E-state index contributed by atoms with van der Waals surface area (Å²) in [4.78, 5) is 17.6. The van der Waals surface area contributed by atoms with E-state index in [0.717, 1.165) is 51.9 Å². The minimum atomic E-state index is -0.0191. The van der Waals surface area contributed by atoms with E-state index >= 15 is 0 Å².